The molecule has 1 amide bonds. The van der Waals surface area contributed by atoms with Gasteiger partial charge in [-0.2, -0.15) is 5.10 Å². The molecule has 1 aliphatic heterocycles. The number of nitrogens with zero attached hydrogens (tertiary/aromatic N) is 2. The maximum absolute atomic E-state index is 13.0. The van der Waals surface area contributed by atoms with Gasteiger partial charge in [0.25, 0.3) is 5.91 Å². The molecule has 0 aliphatic carbocycles. The van der Waals surface area contributed by atoms with Gasteiger partial charge in [0.2, 0.25) is 0 Å². The van der Waals surface area contributed by atoms with E-state index in [-0.39, 0.29) is 0 Å². The van der Waals surface area contributed by atoms with Crippen LogP contribution in [0.4, 0.5) is 0 Å². The van der Waals surface area contributed by atoms with Crippen molar-refractivity contribution < 1.29 is 23.5 Å². The molecule has 1 aromatic heterocycles. The minimum atomic E-state index is -0.547. The van der Waals surface area contributed by atoms with Gasteiger partial charge in [0, 0.05) is 6.42 Å². The first-order valence-electron chi connectivity index (χ1n) is 10.3. The van der Waals surface area contributed by atoms with Crippen molar-refractivity contribution in [2.75, 3.05) is 13.7 Å². The van der Waals surface area contributed by atoms with Gasteiger partial charge in [0.15, 0.2) is 6.61 Å². The molecule has 0 radical (unpaired) electrons. The van der Waals surface area contributed by atoms with E-state index in [1.165, 1.54) is 5.01 Å². The highest BCUT2D eigenvalue weighted by Gasteiger charge is 2.35. The van der Waals surface area contributed by atoms with Crippen molar-refractivity contribution in [1.29, 1.82) is 0 Å². The van der Waals surface area contributed by atoms with E-state index in [9.17, 15) is 9.59 Å². The maximum Gasteiger partial charge on any atom is 0.338 e. The van der Waals surface area contributed by atoms with Gasteiger partial charge in [-0.15, -0.1) is 0 Å². The number of methoxy groups -OCH3 is 1. The van der Waals surface area contributed by atoms with Gasteiger partial charge in [0.05, 0.1) is 24.6 Å². The number of carbonyl (C=O) groups is 2. The Bertz CT molecular complexity index is 1150. The summed E-state index contributed by atoms with van der Waals surface area (Å²) < 4.78 is 16.0. The second-order valence-electron chi connectivity index (χ2n) is 7.62. The van der Waals surface area contributed by atoms with Crippen molar-refractivity contribution in [3.05, 3.63) is 88.9 Å². The summed E-state index contributed by atoms with van der Waals surface area (Å²) in [5.74, 6) is 0.383. The number of hydrazone groups is 1. The number of carbonyl (C=O) groups excluding carboxylic acids is 2. The highest BCUT2D eigenvalue weighted by atomic mass is 16.5. The molecule has 2 heterocycles. The molecule has 1 aliphatic rings. The Kier molecular flexibility index (Phi) is 6.07. The zero-order valence-electron chi connectivity index (χ0n) is 18.2. The van der Waals surface area contributed by atoms with Crippen LogP contribution >= 0.6 is 0 Å². The van der Waals surface area contributed by atoms with Crippen LogP contribution < -0.4 is 4.74 Å². The highest BCUT2D eigenvalue weighted by molar-refractivity contribution is 6.03. The molecule has 0 fully saturated rings. The second-order valence-corrected chi connectivity index (χ2v) is 7.62. The number of furan rings is 1. The standard InChI is InChI=1S/C25H24N2O5/c1-16-6-7-19(13-17(16)2)25(29)32-15-24(28)27-22(23-5-4-12-31-23)14-21(26-27)18-8-10-20(30-3)11-9-18/h4-13,22H,14-15H2,1-3H3. The summed E-state index contributed by atoms with van der Waals surface area (Å²) in [5, 5.41) is 5.88. The van der Waals surface area contributed by atoms with Gasteiger partial charge in [-0.25, -0.2) is 9.80 Å². The Morgan fingerprint density at radius 3 is 2.53 bits per heavy atom. The number of esters is 1. The Hall–Kier alpha value is -3.87. The third-order valence-corrected chi connectivity index (χ3v) is 5.53. The molecule has 2 aromatic carbocycles. The van der Waals surface area contributed by atoms with Crippen molar-refractivity contribution in [3.8, 4) is 5.75 Å². The predicted octanol–water partition coefficient (Wildman–Crippen LogP) is 4.44. The monoisotopic (exact) mass is 432 g/mol. The Morgan fingerprint density at radius 1 is 1.09 bits per heavy atom. The topological polar surface area (TPSA) is 81.3 Å². The Balaban J connectivity index is 1.51. The van der Waals surface area contributed by atoms with Gasteiger partial charge in [-0.1, -0.05) is 6.07 Å². The number of hydrogen-bond donors (Lipinski definition) is 0. The highest BCUT2D eigenvalue weighted by Crippen LogP contribution is 2.33. The van der Waals surface area contributed by atoms with Gasteiger partial charge in [0.1, 0.15) is 17.6 Å². The van der Waals surface area contributed by atoms with Crippen LogP contribution in [0.25, 0.3) is 0 Å². The first-order chi connectivity index (χ1) is 15.5. The second kappa shape index (κ2) is 9.09. The van der Waals surface area contributed by atoms with Crippen molar-refractivity contribution >= 4 is 17.6 Å². The molecule has 0 N–H and O–H groups in total. The zero-order valence-corrected chi connectivity index (χ0v) is 18.2. The summed E-state index contributed by atoms with van der Waals surface area (Å²) in [4.78, 5) is 25.4. The number of hydrogen-bond acceptors (Lipinski definition) is 6. The number of benzene rings is 2. The average molecular weight is 432 g/mol. The van der Waals surface area contributed by atoms with Crippen LogP contribution in [-0.4, -0.2) is 36.3 Å². The van der Waals surface area contributed by atoms with Crippen molar-refractivity contribution in [2.24, 2.45) is 5.10 Å². The number of aryl methyl sites for hydroxylation is 2. The SMILES string of the molecule is COc1ccc(C2=NN(C(=O)COC(=O)c3ccc(C)c(C)c3)C(c3ccco3)C2)cc1. The van der Waals surface area contributed by atoms with E-state index in [1.807, 2.05) is 44.2 Å². The lowest BCUT2D eigenvalue weighted by atomic mass is 10.0. The van der Waals surface area contributed by atoms with E-state index in [0.717, 1.165) is 28.2 Å². The molecule has 164 valence electrons. The summed E-state index contributed by atoms with van der Waals surface area (Å²) in [6.45, 7) is 3.47. The van der Waals surface area contributed by atoms with Crippen LogP contribution in [-0.2, 0) is 9.53 Å². The molecule has 1 atom stereocenters. The van der Waals surface area contributed by atoms with Crippen molar-refractivity contribution in [1.82, 2.24) is 5.01 Å². The van der Waals surface area contributed by atoms with Crippen LogP contribution in [0.1, 0.15) is 45.3 Å². The van der Waals surface area contributed by atoms with Crippen LogP contribution in [0.5, 0.6) is 5.75 Å². The molecule has 7 heteroatoms. The molecule has 7 nitrogen and oxygen atoms in total. The first-order valence-corrected chi connectivity index (χ1v) is 10.3. The first kappa shape index (κ1) is 21.4. The molecule has 0 saturated carbocycles. The van der Waals surface area contributed by atoms with Crippen LogP contribution in [0, 0.1) is 13.8 Å². The average Bonchev–Trinajstić information content (AvgIpc) is 3.49. The van der Waals surface area contributed by atoms with Gasteiger partial charge in [-0.05, 0) is 79.1 Å². The zero-order chi connectivity index (χ0) is 22.7. The van der Waals surface area contributed by atoms with Crippen LogP contribution in [0.15, 0.2) is 70.4 Å². The fourth-order valence-electron chi connectivity index (χ4n) is 3.55. The predicted molar refractivity (Wildman–Crippen MR) is 119 cm³/mol. The summed E-state index contributed by atoms with van der Waals surface area (Å²) in [6, 6.07) is 15.9. The minimum Gasteiger partial charge on any atom is -0.497 e. The van der Waals surface area contributed by atoms with Crippen LogP contribution in [0.3, 0.4) is 0 Å². The van der Waals surface area contributed by atoms with E-state index in [2.05, 4.69) is 5.10 Å². The van der Waals surface area contributed by atoms with E-state index >= 15 is 0 Å². The molecule has 32 heavy (non-hydrogen) atoms. The Morgan fingerprint density at radius 2 is 1.88 bits per heavy atom. The largest absolute Gasteiger partial charge is 0.497 e. The van der Waals surface area contributed by atoms with Crippen LogP contribution in [0.2, 0.25) is 0 Å². The number of rotatable bonds is 6. The molecule has 0 spiro atoms. The number of amides is 1. The molecule has 1 unspecified atom stereocenters. The quantitative estimate of drug-likeness (QED) is 0.538. The fourth-order valence-corrected chi connectivity index (χ4v) is 3.55. The molecule has 4 rings (SSSR count). The van der Waals surface area contributed by atoms with Crippen molar-refractivity contribution in [3.63, 3.8) is 0 Å². The number of ether oxygens (including phenoxy) is 2. The fraction of sp³-hybridized carbons (Fsp3) is 0.240. The molecular weight excluding hydrogens is 408 g/mol. The summed E-state index contributed by atoms with van der Waals surface area (Å²) in [5.41, 5.74) is 4.09. The molecule has 0 saturated heterocycles. The third-order valence-electron chi connectivity index (χ3n) is 5.53. The van der Waals surface area contributed by atoms with E-state index in [4.69, 9.17) is 13.9 Å². The Labute approximate surface area is 186 Å². The molecular formula is C25H24N2O5. The normalized spacial score (nSPS) is 15.4. The van der Waals surface area contributed by atoms with E-state index < -0.39 is 24.5 Å². The lowest BCUT2D eigenvalue weighted by molar-refractivity contribution is -0.136. The lowest BCUT2D eigenvalue weighted by Crippen LogP contribution is -2.31. The van der Waals surface area contributed by atoms with Gasteiger partial charge in [-0.3, -0.25) is 4.79 Å². The summed E-state index contributed by atoms with van der Waals surface area (Å²) in [6.07, 6.45) is 2.04. The molecule has 0 bridgehead atoms. The third kappa shape index (κ3) is 4.42. The summed E-state index contributed by atoms with van der Waals surface area (Å²) in [7, 11) is 1.61. The minimum absolute atomic E-state index is 0.407. The summed E-state index contributed by atoms with van der Waals surface area (Å²) >= 11 is 0. The van der Waals surface area contributed by atoms with Gasteiger partial charge < -0.3 is 13.9 Å². The molecule has 3 aromatic rings. The lowest BCUT2D eigenvalue weighted by Gasteiger charge is -2.19. The smallest absolute Gasteiger partial charge is 0.338 e. The van der Waals surface area contributed by atoms with Crippen molar-refractivity contribution in [2.45, 2.75) is 26.3 Å². The van der Waals surface area contributed by atoms with Gasteiger partial charge >= 0.3 is 5.97 Å². The maximum atomic E-state index is 13.0. The van der Waals surface area contributed by atoms with E-state index in [1.54, 1.807) is 37.6 Å². The van der Waals surface area contributed by atoms with E-state index in [0.29, 0.717) is 17.7 Å².